The largest absolute Gasteiger partial charge is 0.394 e. The van der Waals surface area contributed by atoms with Gasteiger partial charge in [0, 0.05) is 13.3 Å². The van der Waals surface area contributed by atoms with Gasteiger partial charge < -0.3 is 30.5 Å². The van der Waals surface area contributed by atoms with Gasteiger partial charge in [0.2, 0.25) is 5.91 Å². The van der Waals surface area contributed by atoms with Crippen molar-refractivity contribution in [3.63, 3.8) is 0 Å². The van der Waals surface area contributed by atoms with Gasteiger partial charge in [0.15, 0.2) is 5.44 Å². The molecule has 0 aromatic heterocycles. The van der Waals surface area contributed by atoms with E-state index in [4.69, 9.17) is 14.4 Å². The Balaban J connectivity index is 3.04. The fraction of sp³-hybridized carbons (Fsp3) is 0.900. The van der Waals surface area contributed by atoms with Crippen molar-refractivity contribution in [3.05, 3.63) is 0 Å². The van der Waals surface area contributed by atoms with Gasteiger partial charge in [-0.3, -0.25) is 9.35 Å². The molecule has 10 nitrogen and oxygen atoms in total. The molecule has 124 valence electrons. The summed E-state index contributed by atoms with van der Waals surface area (Å²) < 4.78 is 36.2. The topological polar surface area (TPSA) is 174 Å². The van der Waals surface area contributed by atoms with E-state index in [9.17, 15) is 28.5 Å². The highest BCUT2D eigenvalue weighted by molar-refractivity contribution is 7.86. The van der Waals surface area contributed by atoms with E-state index in [2.05, 4.69) is 5.32 Å². The van der Waals surface area contributed by atoms with Crippen molar-refractivity contribution < 1.29 is 42.9 Å². The van der Waals surface area contributed by atoms with Gasteiger partial charge in [-0.05, 0) is 0 Å². The van der Waals surface area contributed by atoms with Crippen LogP contribution in [0, 0.1) is 0 Å². The molecule has 1 rings (SSSR count). The zero-order chi connectivity index (χ0) is 16.4. The number of hydrogen-bond donors (Lipinski definition) is 6. The molecule has 1 amide bonds. The zero-order valence-electron chi connectivity index (χ0n) is 11.2. The highest BCUT2D eigenvalue weighted by atomic mass is 32.2. The second-order valence-corrected chi connectivity index (χ2v) is 6.37. The summed E-state index contributed by atoms with van der Waals surface area (Å²) in [5, 5.41) is 40.3. The van der Waals surface area contributed by atoms with Crippen LogP contribution < -0.4 is 5.32 Å². The SMILES string of the molecule is CC(=O)N[C@H]1[C@H]([C@H](O)[C@H](O)CO)O[C@H](S(=O)(=O)O)C[C@@H]1O. The Kier molecular flexibility index (Phi) is 6.04. The maximum Gasteiger partial charge on any atom is 0.292 e. The molecule has 0 aliphatic carbocycles. The van der Waals surface area contributed by atoms with Crippen molar-refractivity contribution in [3.8, 4) is 0 Å². The fourth-order valence-electron chi connectivity index (χ4n) is 2.10. The third-order valence-electron chi connectivity index (χ3n) is 3.13. The minimum absolute atomic E-state index is 0.526. The van der Waals surface area contributed by atoms with E-state index in [0.717, 1.165) is 6.92 Å². The van der Waals surface area contributed by atoms with Crippen LogP contribution in [0.2, 0.25) is 0 Å². The molecular weight excluding hydrogens is 310 g/mol. The molecule has 6 atom stereocenters. The number of ether oxygens (including phenoxy) is 1. The van der Waals surface area contributed by atoms with Gasteiger partial charge in [-0.25, -0.2) is 0 Å². The number of rotatable bonds is 5. The van der Waals surface area contributed by atoms with Crippen molar-refractivity contribution >= 4 is 16.0 Å². The molecule has 1 aliphatic rings. The van der Waals surface area contributed by atoms with Crippen LogP contribution in [-0.2, 0) is 19.6 Å². The van der Waals surface area contributed by atoms with Crippen LogP contribution in [-0.4, -0.2) is 81.8 Å². The molecule has 6 N–H and O–H groups in total. The lowest BCUT2D eigenvalue weighted by atomic mass is 9.92. The summed E-state index contributed by atoms with van der Waals surface area (Å²) in [7, 11) is -4.66. The minimum atomic E-state index is -4.66. The Labute approximate surface area is 121 Å². The highest BCUT2D eigenvalue weighted by Crippen LogP contribution is 2.26. The van der Waals surface area contributed by atoms with Gasteiger partial charge in [-0.2, -0.15) is 8.42 Å². The normalized spacial score (nSPS) is 33.2. The number of hydrogen-bond acceptors (Lipinski definition) is 8. The predicted octanol–water partition coefficient (Wildman–Crippen LogP) is -3.43. The lowest BCUT2D eigenvalue weighted by Gasteiger charge is -2.41. The molecule has 0 saturated carbocycles. The number of nitrogens with one attached hydrogen (secondary N) is 1. The number of aliphatic hydroxyl groups is 4. The summed E-state index contributed by atoms with van der Waals surface area (Å²) in [6.07, 6.45) is -6.97. The highest BCUT2D eigenvalue weighted by Gasteiger charge is 2.47. The third kappa shape index (κ3) is 4.57. The predicted molar refractivity (Wildman–Crippen MR) is 67.5 cm³/mol. The first-order valence-corrected chi connectivity index (χ1v) is 7.62. The molecule has 0 spiro atoms. The Hall–Kier alpha value is -0.820. The van der Waals surface area contributed by atoms with E-state index in [-0.39, 0.29) is 0 Å². The maximum absolute atomic E-state index is 11.1. The average Bonchev–Trinajstić information content (AvgIpc) is 2.37. The Bertz CT molecular complexity index is 467. The molecule has 0 radical (unpaired) electrons. The first-order valence-electron chi connectivity index (χ1n) is 6.11. The lowest BCUT2D eigenvalue weighted by molar-refractivity contribution is -0.166. The summed E-state index contributed by atoms with van der Waals surface area (Å²) in [6, 6.07) is -1.21. The Morgan fingerprint density at radius 3 is 2.43 bits per heavy atom. The number of amides is 1. The van der Waals surface area contributed by atoms with E-state index < -0.39 is 64.9 Å². The molecule has 1 aliphatic heterocycles. The van der Waals surface area contributed by atoms with Crippen LogP contribution in [0.25, 0.3) is 0 Å². The molecule has 0 aromatic carbocycles. The second kappa shape index (κ2) is 6.96. The lowest BCUT2D eigenvalue weighted by Crippen LogP contribution is -2.63. The van der Waals surface area contributed by atoms with E-state index in [0.29, 0.717) is 0 Å². The number of aliphatic hydroxyl groups excluding tert-OH is 4. The van der Waals surface area contributed by atoms with Crippen LogP contribution in [0.3, 0.4) is 0 Å². The van der Waals surface area contributed by atoms with Crippen LogP contribution in [0.15, 0.2) is 0 Å². The van der Waals surface area contributed by atoms with E-state index >= 15 is 0 Å². The monoisotopic (exact) mass is 329 g/mol. The fourth-order valence-corrected chi connectivity index (χ4v) is 2.81. The quantitative estimate of drug-likeness (QED) is 0.280. The molecule has 1 heterocycles. The maximum atomic E-state index is 11.1. The average molecular weight is 329 g/mol. The van der Waals surface area contributed by atoms with E-state index in [1.54, 1.807) is 0 Å². The number of carbonyl (C=O) groups excluding carboxylic acids is 1. The second-order valence-electron chi connectivity index (χ2n) is 4.82. The van der Waals surface area contributed by atoms with Crippen molar-refractivity contribution in [2.75, 3.05) is 6.61 Å². The number of carbonyl (C=O) groups is 1. The van der Waals surface area contributed by atoms with Gasteiger partial charge in [0.1, 0.15) is 18.3 Å². The molecule has 0 bridgehead atoms. The van der Waals surface area contributed by atoms with Crippen LogP contribution in [0.1, 0.15) is 13.3 Å². The minimum Gasteiger partial charge on any atom is -0.394 e. The van der Waals surface area contributed by atoms with Crippen molar-refractivity contribution in [1.29, 1.82) is 0 Å². The van der Waals surface area contributed by atoms with Crippen LogP contribution >= 0.6 is 0 Å². The van der Waals surface area contributed by atoms with Crippen molar-refractivity contribution in [2.45, 2.75) is 49.2 Å². The van der Waals surface area contributed by atoms with Gasteiger partial charge in [0.05, 0.1) is 18.8 Å². The van der Waals surface area contributed by atoms with Gasteiger partial charge in [0.25, 0.3) is 10.1 Å². The molecule has 0 aromatic rings. The Morgan fingerprint density at radius 2 is 2.00 bits per heavy atom. The molecule has 1 fully saturated rings. The van der Waals surface area contributed by atoms with Crippen molar-refractivity contribution in [1.82, 2.24) is 5.32 Å². The third-order valence-corrected chi connectivity index (χ3v) is 4.10. The summed E-state index contributed by atoms with van der Waals surface area (Å²) in [5.74, 6) is -0.580. The van der Waals surface area contributed by atoms with E-state index in [1.807, 2.05) is 0 Å². The summed E-state index contributed by atoms with van der Waals surface area (Å²) >= 11 is 0. The molecule has 0 unspecified atom stereocenters. The van der Waals surface area contributed by atoms with Crippen molar-refractivity contribution in [2.24, 2.45) is 0 Å². The van der Waals surface area contributed by atoms with Gasteiger partial charge in [-0.15, -0.1) is 0 Å². The molecular formula is C10H19NO9S. The van der Waals surface area contributed by atoms with Crippen LogP contribution in [0.4, 0.5) is 0 Å². The first kappa shape index (κ1) is 18.2. The smallest absolute Gasteiger partial charge is 0.292 e. The van der Waals surface area contributed by atoms with Gasteiger partial charge in [-0.1, -0.05) is 0 Å². The summed E-state index contributed by atoms with van der Waals surface area (Å²) in [4.78, 5) is 11.1. The molecule has 1 saturated heterocycles. The first-order chi connectivity index (χ1) is 9.57. The molecule has 11 heteroatoms. The summed E-state index contributed by atoms with van der Waals surface area (Å²) in [6.45, 7) is 0.286. The van der Waals surface area contributed by atoms with Crippen LogP contribution in [0.5, 0.6) is 0 Å². The zero-order valence-corrected chi connectivity index (χ0v) is 12.0. The Morgan fingerprint density at radius 1 is 1.43 bits per heavy atom. The summed E-state index contributed by atoms with van der Waals surface area (Å²) in [5.41, 5.74) is -1.82. The molecule has 21 heavy (non-hydrogen) atoms. The van der Waals surface area contributed by atoms with Gasteiger partial charge >= 0.3 is 0 Å². The standard InChI is InChI=1S/C10H19NO9S/c1-4(13)11-8-5(14)2-7(21(17,18)19)20-10(8)9(16)6(15)3-12/h5-10,12,14-16H,2-3H2,1H3,(H,11,13)(H,17,18,19)/t5-,6+,7+,8+,9+,10+/m0/s1. The van der Waals surface area contributed by atoms with E-state index in [1.165, 1.54) is 0 Å².